The van der Waals surface area contributed by atoms with Gasteiger partial charge >= 0.3 is 0 Å². The van der Waals surface area contributed by atoms with Crippen LogP contribution in [0.5, 0.6) is 0 Å². The number of hydrogen-bond acceptors (Lipinski definition) is 1. The van der Waals surface area contributed by atoms with E-state index in [1.807, 2.05) is 18.2 Å². The molecule has 1 saturated carbocycles. The van der Waals surface area contributed by atoms with Crippen molar-refractivity contribution in [2.45, 2.75) is 64.7 Å². The summed E-state index contributed by atoms with van der Waals surface area (Å²) in [4.78, 5) is 0. The fourth-order valence-electron chi connectivity index (χ4n) is 3.62. The van der Waals surface area contributed by atoms with Gasteiger partial charge in [0.15, 0.2) is 6.07 Å². The Morgan fingerprint density at radius 1 is 1.05 bits per heavy atom. The van der Waals surface area contributed by atoms with Crippen LogP contribution >= 0.6 is 0 Å². The lowest BCUT2D eigenvalue weighted by Gasteiger charge is -2.28. The van der Waals surface area contributed by atoms with E-state index in [0.29, 0.717) is 0 Å². The van der Waals surface area contributed by atoms with E-state index < -0.39 is 0 Å². The second kappa shape index (κ2) is 9.32. The highest BCUT2D eigenvalue weighted by Gasteiger charge is 2.20. The number of nitrogens with zero attached hydrogens (tertiary/aromatic N) is 1. The average molecular weight is 293 g/mol. The van der Waals surface area contributed by atoms with E-state index in [1.54, 1.807) is 0 Å². The first-order chi connectivity index (χ1) is 10.8. The van der Waals surface area contributed by atoms with Gasteiger partial charge in [-0.05, 0) is 36.3 Å². The van der Waals surface area contributed by atoms with Crippen molar-refractivity contribution in [1.29, 1.82) is 5.26 Å². The van der Waals surface area contributed by atoms with Crippen molar-refractivity contribution in [2.75, 3.05) is 0 Å². The lowest BCUT2D eigenvalue weighted by atomic mass is 9.77. The standard InChI is InChI=1S/C21H27N/c1-2-3-7-18-11-13-19(14-12-18)15-16-21-9-5-4-8-20(21)10-6-17-22/h4-5,8-9,18-19H,2-3,7,11-16H2,1H3. The van der Waals surface area contributed by atoms with Crippen LogP contribution in [0, 0.1) is 35.0 Å². The Morgan fingerprint density at radius 3 is 2.41 bits per heavy atom. The molecule has 1 aromatic carbocycles. The number of rotatable bonds is 6. The van der Waals surface area contributed by atoms with Crippen LogP contribution in [0.2, 0.25) is 0 Å². The summed E-state index contributed by atoms with van der Waals surface area (Å²) in [5.41, 5.74) is 2.33. The van der Waals surface area contributed by atoms with Gasteiger partial charge in [-0.2, -0.15) is 5.26 Å². The molecule has 0 bridgehead atoms. The Hall–Kier alpha value is -1.73. The molecule has 0 atom stereocenters. The van der Waals surface area contributed by atoms with Crippen LogP contribution in [-0.4, -0.2) is 0 Å². The third-order valence-electron chi connectivity index (χ3n) is 5.02. The van der Waals surface area contributed by atoms with Crippen LogP contribution in [0.1, 0.15) is 69.4 Å². The summed E-state index contributed by atoms with van der Waals surface area (Å²) in [5.74, 6) is 7.37. The van der Waals surface area contributed by atoms with Crippen molar-refractivity contribution in [3.05, 3.63) is 35.4 Å². The van der Waals surface area contributed by atoms with Crippen LogP contribution in [-0.2, 0) is 6.42 Å². The van der Waals surface area contributed by atoms with E-state index in [4.69, 9.17) is 5.26 Å². The minimum absolute atomic E-state index is 0.884. The summed E-state index contributed by atoms with van der Waals surface area (Å²) in [7, 11) is 0. The molecule has 1 aromatic rings. The van der Waals surface area contributed by atoms with E-state index in [0.717, 1.165) is 23.8 Å². The average Bonchev–Trinajstić information content (AvgIpc) is 2.58. The van der Waals surface area contributed by atoms with Crippen LogP contribution in [0.3, 0.4) is 0 Å². The number of nitriles is 1. The Morgan fingerprint density at radius 2 is 1.73 bits per heavy atom. The maximum Gasteiger partial charge on any atom is 0.152 e. The first-order valence-electron chi connectivity index (χ1n) is 8.81. The van der Waals surface area contributed by atoms with Gasteiger partial charge in [-0.1, -0.05) is 76.0 Å². The van der Waals surface area contributed by atoms with Crippen LogP contribution in [0.15, 0.2) is 24.3 Å². The van der Waals surface area contributed by atoms with Crippen LogP contribution in [0.25, 0.3) is 0 Å². The largest absolute Gasteiger partial charge is 0.183 e. The summed E-state index contributed by atoms with van der Waals surface area (Å²) in [5, 5.41) is 8.61. The Labute approximate surface area is 135 Å². The number of benzene rings is 1. The molecule has 22 heavy (non-hydrogen) atoms. The molecule has 116 valence electrons. The van der Waals surface area contributed by atoms with Gasteiger partial charge in [0.2, 0.25) is 0 Å². The molecule has 1 nitrogen and oxygen atoms in total. The second-order valence-electron chi connectivity index (χ2n) is 6.59. The van der Waals surface area contributed by atoms with E-state index in [-0.39, 0.29) is 0 Å². The predicted molar refractivity (Wildman–Crippen MR) is 92.2 cm³/mol. The molecule has 1 aliphatic rings. The maximum absolute atomic E-state index is 8.61. The summed E-state index contributed by atoms with van der Waals surface area (Å²) >= 11 is 0. The van der Waals surface area contributed by atoms with E-state index >= 15 is 0 Å². The van der Waals surface area contributed by atoms with Crippen molar-refractivity contribution >= 4 is 0 Å². The van der Waals surface area contributed by atoms with Gasteiger partial charge in [-0.15, -0.1) is 0 Å². The molecule has 0 heterocycles. The highest BCUT2D eigenvalue weighted by molar-refractivity contribution is 5.43. The second-order valence-corrected chi connectivity index (χ2v) is 6.59. The van der Waals surface area contributed by atoms with Crippen molar-refractivity contribution in [3.8, 4) is 17.9 Å². The molecule has 0 unspecified atom stereocenters. The van der Waals surface area contributed by atoms with Crippen molar-refractivity contribution in [3.63, 3.8) is 0 Å². The Balaban J connectivity index is 1.81. The minimum Gasteiger partial charge on any atom is -0.183 e. The number of aryl methyl sites for hydroxylation is 1. The zero-order chi connectivity index (χ0) is 15.6. The van der Waals surface area contributed by atoms with Crippen molar-refractivity contribution in [2.24, 2.45) is 11.8 Å². The highest BCUT2D eigenvalue weighted by atomic mass is 14.3. The summed E-state index contributed by atoms with van der Waals surface area (Å²) in [6.07, 6.45) is 12.2. The number of hydrogen-bond donors (Lipinski definition) is 0. The molecule has 0 spiro atoms. The van der Waals surface area contributed by atoms with Crippen molar-refractivity contribution in [1.82, 2.24) is 0 Å². The van der Waals surface area contributed by atoms with Gasteiger partial charge in [0, 0.05) is 11.5 Å². The molecule has 2 rings (SSSR count). The molecule has 1 aliphatic carbocycles. The predicted octanol–water partition coefficient (Wildman–Crippen LogP) is 5.49. The fourth-order valence-corrected chi connectivity index (χ4v) is 3.62. The van der Waals surface area contributed by atoms with Gasteiger partial charge < -0.3 is 0 Å². The molecule has 1 heteroatoms. The van der Waals surface area contributed by atoms with Gasteiger partial charge in [-0.3, -0.25) is 0 Å². The normalized spacial score (nSPS) is 20.7. The van der Waals surface area contributed by atoms with Gasteiger partial charge in [-0.25, -0.2) is 0 Å². The van der Waals surface area contributed by atoms with Gasteiger partial charge in [0.05, 0.1) is 0 Å². The minimum atomic E-state index is 0.884. The van der Waals surface area contributed by atoms with Gasteiger partial charge in [0.1, 0.15) is 0 Å². The lowest BCUT2D eigenvalue weighted by molar-refractivity contribution is 0.250. The molecule has 0 aliphatic heterocycles. The first-order valence-corrected chi connectivity index (χ1v) is 8.81. The van der Waals surface area contributed by atoms with E-state index in [1.165, 1.54) is 56.9 Å². The third-order valence-corrected chi connectivity index (χ3v) is 5.02. The molecule has 0 N–H and O–H groups in total. The van der Waals surface area contributed by atoms with E-state index in [2.05, 4.69) is 30.9 Å². The van der Waals surface area contributed by atoms with Crippen LogP contribution in [0.4, 0.5) is 0 Å². The smallest absolute Gasteiger partial charge is 0.152 e. The number of unbranched alkanes of at least 4 members (excludes halogenated alkanes) is 1. The molecule has 0 radical (unpaired) electrons. The quantitative estimate of drug-likeness (QED) is 0.636. The molecular weight excluding hydrogens is 266 g/mol. The summed E-state index contributed by atoms with van der Waals surface area (Å²) < 4.78 is 0. The lowest BCUT2D eigenvalue weighted by Crippen LogP contribution is -2.15. The fraction of sp³-hybridized carbons (Fsp3) is 0.571. The zero-order valence-electron chi connectivity index (χ0n) is 13.8. The summed E-state index contributed by atoms with van der Waals surface area (Å²) in [6, 6.07) is 10.2. The SMILES string of the molecule is CCCCC1CCC(CCc2ccccc2C#CC#N)CC1. The molecule has 0 saturated heterocycles. The van der Waals surface area contributed by atoms with Crippen LogP contribution < -0.4 is 0 Å². The van der Waals surface area contributed by atoms with Gasteiger partial charge in [0.25, 0.3) is 0 Å². The monoisotopic (exact) mass is 293 g/mol. The zero-order valence-corrected chi connectivity index (χ0v) is 13.8. The Kier molecular flexibility index (Phi) is 7.05. The molecule has 0 aromatic heterocycles. The molecular formula is C21H27N. The summed E-state index contributed by atoms with van der Waals surface area (Å²) in [6.45, 7) is 2.29. The topological polar surface area (TPSA) is 23.8 Å². The maximum atomic E-state index is 8.61. The highest BCUT2D eigenvalue weighted by Crippen LogP contribution is 2.34. The molecule has 1 fully saturated rings. The third kappa shape index (κ3) is 5.23. The van der Waals surface area contributed by atoms with Crippen molar-refractivity contribution < 1.29 is 0 Å². The van der Waals surface area contributed by atoms with E-state index in [9.17, 15) is 0 Å². The Bertz CT molecular complexity index is 547. The first kappa shape index (κ1) is 16.6. The molecule has 0 amide bonds.